The molecule has 0 aliphatic heterocycles. The molecule has 0 amide bonds. The number of aromatic nitrogens is 2. The number of hydrogen-bond acceptors (Lipinski definition) is 1. The van der Waals surface area contributed by atoms with Crippen molar-refractivity contribution in [1.82, 2.24) is 9.78 Å². The lowest BCUT2D eigenvalue weighted by atomic mass is 10.2. The fourth-order valence-electron chi connectivity index (χ4n) is 1.94. The molecule has 0 fully saturated rings. The Morgan fingerprint density at radius 3 is 2.47 bits per heavy atom. The van der Waals surface area contributed by atoms with E-state index in [-0.39, 0.29) is 5.56 Å². The highest BCUT2D eigenvalue weighted by Crippen LogP contribution is 2.10. The van der Waals surface area contributed by atoms with Crippen molar-refractivity contribution >= 4 is 11.6 Å². The average molecular weight is 251 g/mol. The zero-order valence-corrected chi connectivity index (χ0v) is 10.7. The Balaban J connectivity index is 2.30. The number of nitrogens with zero attached hydrogens (tertiary/aromatic N) is 1. The summed E-state index contributed by atoms with van der Waals surface area (Å²) in [6.07, 6.45) is 0.759. The van der Waals surface area contributed by atoms with Gasteiger partial charge in [0.05, 0.1) is 6.54 Å². The van der Waals surface area contributed by atoms with E-state index in [1.807, 2.05) is 38.1 Å². The highest BCUT2D eigenvalue weighted by molar-refractivity contribution is 6.30. The smallest absolute Gasteiger partial charge is 0.270 e. The first-order valence-corrected chi connectivity index (χ1v) is 6.02. The molecule has 0 saturated heterocycles. The van der Waals surface area contributed by atoms with Crippen LogP contribution in [0.2, 0.25) is 5.02 Å². The van der Waals surface area contributed by atoms with Crippen LogP contribution >= 0.6 is 11.6 Å². The molecule has 4 heteroatoms. The molecule has 2 rings (SSSR count). The van der Waals surface area contributed by atoms with Gasteiger partial charge in [-0.3, -0.25) is 9.89 Å². The molecule has 0 saturated carbocycles. The third-order valence-electron chi connectivity index (χ3n) is 2.87. The highest BCUT2D eigenvalue weighted by Gasteiger charge is 2.08. The summed E-state index contributed by atoms with van der Waals surface area (Å²) in [6.45, 7) is 4.47. The number of benzene rings is 1. The van der Waals surface area contributed by atoms with E-state index >= 15 is 0 Å². The van der Waals surface area contributed by atoms with Crippen molar-refractivity contribution in [3.63, 3.8) is 0 Å². The van der Waals surface area contributed by atoms with Crippen LogP contribution in [0.4, 0.5) is 0 Å². The molecule has 1 heterocycles. The lowest BCUT2D eigenvalue weighted by Gasteiger charge is -2.02. The minimum absolute atomic E-state index is 0.0694. The molecule has 0 spiro atoms. The van der Waals surface area contributed by atoms with Gasteiger partial charge in [0.15, 0.2) is 0 Å². The van der Waals surface area contributed by atoms with Crippen molar-refractivity contribution in [3.8, 4) is 0 Å². The highest BCUT2D eigenvalue weighted by atomic mass is 35.5. The number of nitrogens with one attached hydrogen (secondary N) is 1. The summed E-state index contributed by atoms with van der Waals surface area (Å²) in [5.41, 5.74) is 2.94. The Bertz CT molecular complexity index is 566. The molecular weight excluding hydrogens is 236 g/mol. The molecule has 0 unspecified atom stereocenters. The molecule has 0 atom stereocenters. The maximum Gasteiger partial charge on any atom is 0.270 e. The van der Waals surface area contributed by atoms with Crippen molar-refractivity contribution in [2.24, 2.45) is 0 Å². The molecule has 2 aromatic rings. The zero-order chi connectivity index (χ0) is 12.4. The number of aromatic amines is 1. The van der Waals surface area contributed by atoms with Crippen LogP contribution in [0.25, 0.3) is 0 Å². The molecule has 90 valence electrons. The summed E-state index contributed by atoms with van der Waals surface area (Å²) < 4.78 is 1.64. The van der Waals surface area contributed by atoms with Gasteiger partial charge in [0.25, 0.3) is 5.56 Å². The number of rotatable bonds is 3. The van der Waals surface area contributed by atoms with Crippen molar-refractivity contribution in [2.45, 2.75) is 26.8 Å². The lowest BCUT2D eigenvalue weighted by molar-refractivity contribution is 0.656. The van der Waals surface area contributed by atoms with Crippen LogP contribution in [0.3, 0.4) is 0 Å². The molecule has 1 aromatic heterocycles. The predicted molar refractivity (Wildman–Crippen MR) is 69.7 cm³/mol. The third kappa shape index (κ3) is 2.44. The molecule has 0 bridgehead atoms. The van der Waals surface area contributed by atoms with Crippen LogP contribution in [-0.2, 0) is 13.0 Å². The van der Waals surface area contributed by atoms with Crippen LogP contribution in [-0.4, -0.2) is 9.78 Å². The molecule has 1 N–H and O–H groups in total. The first kappa shape index (κ1) is 12.0. The Morgan fingerprint density at radius 1 is 1.29 bits per heavy atom. The number of halogens is 1. The molecule has 17 heavy (non-hydrogen) atoms. The van der Waals surface area contributed by atoms with E-state index < -0.39 is 0 Å². The standard InChI is InChI=1S/C13H15ClN2O/c1-3-12-9(2)15-16(13(12)17)8-10-4-6-11(14)7-5-10/h4-7,15H,3,8H2,1-2H3. The number of hydrogen-bond donors (Lipinski definition) is 1. The molecule has 1 aromatic carbocycles. The predicted octanol–water partition coefficient (Wildman–Crippen LogP) is 2.75. The Kier molecular flexibility index (Phi) is 3.38. The fraction of sp³-hybridized carbons (Fsp3) is 0.308. The number of H-pyrrole nitrogens is 1. The van der Waals surface area contributed by atoms with Gasteiger partial charge in [-0.25, -0.2) is 4.68 Å². The van der Waals surface area contributed by atoms with Crippen molar-refractivity contribution in [2.75, 3.05) is 0 Å². The van der Waals surface area contributed by atoms with E-state index in [1.54, 1.807) is 4.68 Å². The zero-order valence-electron chi connectivity index (χ0n) is 9.96. The molecule has 0 aliphatic carbocycles. The number of aryl methyl sites for hydroxylation is 1. The molecule has 0 radical (unpaired) electrons. The van der Waals surface area contributed by atoms with Gasteiger partial charge < -0.3 is 0 Å². The molecule has 3 nitrogen and oxygen atoms in total. The Morgan fingerprint density at radius 2 is 1.94 bits per heavy atom. The van der Waals surface area contributed by atoms with Crippen LogP contribution in [0.15, 0.2) is 29.1 Å². The van der Waals surface area contributed by atoms with Gasteiger partial charge in [0.1, 0.15) is 0 Å². The third-order valence-corrected chi connectivity index (χ3v) is 3.12. The topological polar surface area (TPSA) is 37.8 Å². The quantitative estimate of drug-likeness (QED) is 0.894. The van der Waals surface area contributed by atoms with Crippen LogP contribution in [0.5, 0.6) is 0 Å². The van der Waals surface area contributed by atoms with Crippen molar-refractivity contribution < 1.29 is 0 Å². The second-order valence-electron chi connectivity index (χ2n) is 4.09. The largest absolute Gasteiger partial charge is 0.299 e. The second-order valence-corrected chi connectivity index (χ2v) is 4.52. The van der Waals surface area contributed by atoms with E-state index in [0.717, 1.165) is 23.2 Å². The summed E-state index contributed by atoms with van der Waals surface area (Å²) in [5.74, 6) is 0. The maximum absolute atomic E-state index is 12.0. The first-order chi connectivity index (χ1) is 8.11. The van der Waals surface area contributed by atoms with E-state index in [9.17, 15) is 4.79 Å². The SMILES string of the molecule is CCc1c(C)[nH]n(Cc2ccc(Cl)cc2)c1=O. The monoisotopic (exact) mass is 250 g/mol. The summed E-state index contributed by atoms with van der Waals surface area (Å²) in [4.78, 5) is 12.0. The van der Waals surface area contributed by atoms with Crippen molar-refractivity contribution in [3.05, 3.63) is 56.5 Å². The van der Waals surface area contributed by atoms with Gasteiger partial charge in [-0.2, -0.15) is 0 Å². The van der Waals surface area contributed by atoms with Gasteiger partial charge in [-0.05, 0) is 31.0 Å². The first-order valence-electron chi connectivity index (χ1n) is 5.64. The van der Waals surface area contributed by atoms with Gasteiger partial charge in [-0.1, -0.05) is 30.7 Å². The van der Waals surface area contributed by atoms with Gasteiger partial charge in [-0.15, -0.1) is 0 Å². The fourth-order valence-corrected chi connectivity index (χ4v) is 2.07. The van der Waals surface area contributed by atoms with Gasteiger partial charge >= 0.3 is 0 Å². The van der Waals surface area contributed by atoms with Crippen LogP contribution in [0.1, 0.15) is 23.7 Å². The Hall–Kier alpha value is -1.48. The van der Waals surface area contributed by atoms with Gasteiger partial charge in [0.2, 0.25) is 0 Å². The van der Waals surface area contributed by atoms with Gasteiger partial charge in [0, 0.05) is 16.3 Å². The summed E-state index contributed by atoms with van der Waals surface area (Å²) >= 11 is 5.82. The normalized spacial score (nSPS) is 10.8. The second kappa shape index (κ2) is 4.80. The summed E-state index contributed by atoms with van der Waals surface area (Å²) in [5, 5.41) is 3.80. The minimum atomic E-state index is 0.0694. The van der Waals surface area contributed by atoms with E-state index in [4.69, 9.17) is 11.6 Å². The molecule has 0 aliphatic rings. The summed E-state index contributed by atoms with van der Waals surface area (Å²) in [6, 6.07) is 7.52. The Labute approximate surface area is 105 Å². The minimum Gasteiger partial charge on any atom is -0.299 e. The van der Waals surface area contributed by atoms with Crippen molar-refractivity contribution in [1.29, 1.82) is 0 Å². The van der Waals surface area contributed by atoms with Crippen LogP contribution < -0.4 is 5.56 Å². The lowest BCUT2D eigenvalue weighted by Crippen LogP contribution is -2.19. The van der Waals surface area contributed by atoms with E-state index in [0.29, 0.717) is 11.6 Å². The van der Waals surface area contributed by atoms with E-state index in [2.05, 4.69) is 5.10 Å². The van der Waals surface area contributed by atoms with Crippen LogP contribution in [0, 0.1) is 6.92 Å². The average Bonchev–Trinajstić information content (AvgIpc) is 2.57. The maximum atomic E-state index is 12.0. The molecular formula is C13H15ClN2O. The van der Waals surface area contributed by atoms with E-state index in [1.165, 1.54) is 0 Å². The summed E-state index contributed by atoms with van der Waals surface area (Å²) in [7, 11) is 0.